The number of carbonyl (C=O) groups is 3. The average molecular weight is 610 g/mol. The van der Waals surface area contributed by atoms with Crippen LogP contribution in [0.25, 0.3) is 0 Å². The number of aliphatic carboxylic acids is 3. The molecule has 0 saturated carbocycles. The molecule has 0 bridgehead atoms. The number of hydrogen-bond acceptors (Lipinski definition) is 4. The van der Waals surface area contributed by atoms with Crippen LogP contribution >= 0.6 is 0 Å². The maximum Gasteiger partial charge on any atom is 0.362 e. The van der Waals surface area contributed by atoms with Gasteiger partial charge in [-0.25, -0.2) is 9.59 Å². The molecular weight excluding hydrogens is 542 g/mol. The standard InChI is InChI=1S/C36H67NO6/c1-5-9-10-11-12-13-14-15-16-17-18-19-20-21-22-23-24-25-26-27-28-29-30-37(31(6-2)34(38)39,32(7-3)35(40)41)33(8-4)36(42)43/h17-18,31-33H,5-16,19-30H2,1-4H3,(H2-,38,39,40,41,42,43)/b18-17+. The van der Waals surface area contributed by atoms with E-state index in [1.165, 1.54) is 96.3 Å². The topological polar surface area (TPSA) is 115 Å². The predicted octanol–water partition coefficient (Wildman–Crippen LogP) is 8.44. The quantitative estimate of drug-likeness (QED) is 0.0463. The zero-order chi connectivity index (χ0) is 32.3. The maximum absolute atomic E-state index is 12.3. The Hall–Kier alpha value is -1.89. The third-order valence-electron chi connectivity index (χ3n) is 9.30. The first-order valence-corrected chi connectivity index (χ1v) is 17.9. The van der Waals surface area contributed by atoms with Crippen molar-refractivity contribution in [2.75, 3.05) is 6.54 Å². The minimum absolute atomic E-state index is 0.130. The Labute approximate surface area is 264 Å². The van der Waals surface area contributed by atoms with Gasteiger partial charge in [0.15, 0.2) is 12.1 Å². The average Bonchev–Trinajstić information content (AvgIpc) is 2.96. The first-order valence-electron chi connectivity index (χ1n) is 17.9. The number of carbonyl (C=O) groups excluding carboxylic acids is 1. The first kappa shape index (κ1) is 41.1. The van der Waals surface area contributed by atoms with Crippen LogP contribution in [0.2, 0.25) is 0 Å². The van der Waals surface area contributed by atoms with E-state index in [0.717, 1.165) is 25.7 Å². The molecule has 3 unspecified atom stereocenters. The number of carboxylic acid groups (broad SMARTS) is 3. The van der Waals surface area contributed by atoms with Crippen LogP contribution < -0.4 is 5.11 Å². The highest BCUT2D eigenvalue weighted by atomic mass is 16.4. The Morgan fingerprint density at radius 3 is 1.16 bits per heavy atom. The van der Waals surface area contributed by atoms with Crippen LogP contribution in [0.4, 0.5) is 0 Å². The lowest BCUT2D eigenvalue weighted by Crippen LogP contribution is -2.73. The van der Waals surface area contributed by atoms with Gasteiger partial charge in [-0.15, -0.1) is 0 Å². The summed E-state index contributed by atoms with van der Waals surface area (Å²) >= 11 is 0. The molecule has 2 N–H and O–H groups in total. The molecule has 3 atom stereocenters. The SMILES string of the molecule is CCCCCCCCCC/C=C/CCCCCCCCCCCC[N+](C(CC)C(=O)[O-])(C(CC)C(=O)O)C(CC)C(=O)O. The van der Waals surface area contributed by atoms with Crippen molar-refractivity contribution in [1.29, 1.82) is 0 Å². The second kappa shape index (κ2) is 26.5. The van der Waals surface area contributed by atoms with E-state index in [0.29, 0.717) is 6.42 Å². The zero-order valence-electron chi connectivity index (χ0n) is 28.3. The fourth-order valence-electron chi connectivity index (χ4n) is 6.96. The minimum atomic E-state index is -1.36. The van der Waals surface area contributed by atoms with Crippen LogP contribution in [0.3, 0.4) is 0 Å². The summed E-state index contributed by atoms with van der Waals surface area (Å²) in [4.78, 5) is 36.7. The van der Waals surface area contributed by atoms with Gasteiger partial charge in [-0.05, 0) is 38.5 Å². The molecule has 0 rings (SSSR count). The number of nitrogens with zero attached hydrogens (tertiary/aromatic N) is 1. The van der Waals surface area contributed by atoms with Gasteiger partial charge >= 0.3 is 11.9 Å². The number of quaternary nitrogens is 1. The molecule has 252 valence electrons. The van der Waals surface area contributed by atoms with Crippen molar-refractivity contribution in [1.82, 2.24) is 0 Å². The number of rotatable bonds is 31. The van der Waals surface area contributed by atoms with Crippen molar-refractivity contribution in [3.63, 3.8) is 0 Å². The predicted molar refractivity (Wildman–Crippen MR) is 175 cm³/mol. The fraction of sp³-hybridized carbons (Fsp3) is 0.861. The normalized spacial score (nSPS) is 15.3. The van der Waals surface area contributed by atoms with Gasteiger partial charge in [-0.1, -0.05) is 130 Å². The smallest absolute Gasteiger partial charge is 0.362 e. The largest absolute Gasteiger partial charge is 0.544 e. The number of unbranched alkanes of at least 4 members (excludes halogenated alkanes) is 18. The van der Waals surface area contributed by atoms with Gasteiger partial charge in [0.2, 0.25) is 0 Å². The van der Waals surface area contributed by atoms with E-state index >= 15 is 0 Å². The van der Waals surface area contributed by atoms with E-state index in [9.17, 15) is 29.7 Å². The molecule has 0 aromatic heterocycles. The molecule has 0 radical (unpaired) electrons. The van der Waals surface area contributed by atoms with Gasteiger partial charge in [0.05, 0.1) is 12.5 Å². The molecule has 7 heteroatoms. The van der Waals surface area contributed by atoms with Crippen molar-refractivity contribution in [2.45, 2.75) is 193 Å². The lowest BCUT2D eigenvalue weighted by Gasteiger charge is -2.51. The van der Waals surface area contributed by atoms with Gasteiger partial charge in [0, 0.05) is 19.3 Å². The number of hydrogen-bond donors (Lipinski definition) is 2. The lowest BCUT2D eigenvalue weighted by atomic mass is 9.93. The van der Waals surface area contributed by atoms with Gasteiger partial charge < -0.3 is 20.1 Å². The molecule has 0 spiro atoms. The highest BCUT2D eigenvalue weighted by Crippen LogP contribution is 2.32. The molecule has 0 heterocycles. The van der Waals surface area contributed by atoms with Crippen LogP contribution in [-0.4, -0.2) is 57.3 Å². The summed E-state index contributed by atoms with van der Waals surface area (Å²) in [5.74, 6) is -3.65. The van der Waals surface area contributed by atoms with E-state index < -0.39 is 40.5 Å². The summed E-state index contributed by atoms with van der Waals surface area (Å²) < 4.78 is -0.467. The van der Waals surface area contributed by atoms with E-state index in [2.05, 4.69) is 19.1 Å². The fourth-order valence-corrected chi connectivity index (χ4v) is 6.96. The van der Waals surface area contributed by atoms with Crippen molar-refractivity contribution < 1.29 is 34.2 Å². The first-order chi connectivity index (χ1) is 20.7. The zero-order valence-corrected chi connectivity index (χ0v) is 28.3. The monoisotopic (exact) mass is 609 g/mol. The molecule has 0 aromatic rings. The summed E-state index contributed by atoms with van der Waals surface area (Å²) in [6.07, 6.45) is 29.6. The Kier molecular flexibility index (Phi) is 25.3. The highest BCUT2D eigenvalue weighted by Gasteiger charge is 2.53. The van der Waals surface area contributed by atoms with Crippen molar-refractivity contribution >= 4 is 17.9 Å². The Morgan fingerprint density at radius 1 is 0.535 bits per heavy atom. The van der Waals surface area contributed by atoms with Crippen LogP contribution in [0.5, 0.6) is 0 Å². The molecule has 7 nitrogen and oxygen atoms in total. The van der Waals surface area contributed by atoms with Crippen molar-refractivity contribution in [3.8, 4) is 0 Å². The summed E-state index contributed by atoms with van der Waals surface area (Å²) in [5, 5.41) is 32.2. The number of allylic oxidation sites excluding steroid dienone is 2. The Morgan fingerprint density at radius 2 is 0.860 bits per heavy atom. The van der Waals surface area contributed by atoms with E-state index in [-0.39, 0.29) is 25.8 Å². The van der Waals surface area contributed by atoms with Crippen LogP contribution in [0, 0.1) is 0 Å². The van der Waals surface area contributed by atoms with Crippen LogP contribution in [0.15, 0.2) is 12.2 Å². The third-order valence-corrected chi connectivity index (χ3v) is 9.30. The molecular formula is C36H67NO6. The Bertz CT molecular complexity index is 697. The molecule has 0 aliphatic heterocycles. The molecule has 0 saturated heterocycles. The van der Waals surface area contributed by atoms with Gasteiger partial charge in [-0.3, -0.25) is 4.48 Å². The second-order valence-corrected chi connectivity index (χ2v) is 12.5. The Balaban J connectivity index is 4.31. The molecule has 0 aliphatic carbocycles. The summed E-state index contributed by atoms with van der Waals surface area (Å²) in [5.41, 5.74) is 0. The van der Waals surface area contributed by atoms with Crippen LogP contribution in [-0.2, 0) is 14.4 Å². The molecule has 0 fully saturated rings. The van der Waals surface area contributed by atoms with Crippen molar-refractivity contribution in [2.24, 2.45) is 0 Å². The maximum atomic E-state index is 12.3. The minimum Gasteiger partial charge on any atom is -0.544 e. The van der Waals surface area contributed by atoms with Crippen LogP contribution in [0.1, 0.15) is 175 Å². The third kappa shape index (κ3) is 16.7. The second-order valence-electron chi connectivity index (χ2n) is 12.5. The van der Waals surface area contributed by atoms with E-state index in [1.807, 2.05) is 0 Å². The van der Waals surface area contributed by atoms with Gasteiger partial charge in [0.1, 0.15) is 6.04 Å². The van der Waals surface area contributed by atoms with Crippen molar-refractivity contribution in [3.05, 3.63) is 12.2 Å². The summed E-state index contributed by atoms with van der Waals surface area (Å²) in [6.45, 7) is 7.54. The highest BCUT2D eigenvalue weighted by molar-refractivity contribution is 5.77. The molecule has 0 aliphatic rings. The summed E-state index contributed by atoms with van der Waals surface area (Å²) in [6, 6.07) is -3.38. The molecule has 43 heavy (non-hydrogen) atoms. The molecule has 0 aromatic carbocycles. The van der Waals surface area contributed by atoms with Gasteiger partial charge in [0.25, 0.3) is 0 Å². The molecule has 0 amide bonds. The van der Waals surface area contributed by atoms with E-state index in [4.69, 9.17) is 0 Å². The van der Waals surface area contributed by atoms with Gasteiger partial charge in [-0.2, -0.15) is 0 Å². The number of carboxylic acids is 3. The van der Waals surface area contributed by atoms with E-state index in [1.54, 1.807) is 20.8 Å². The lowest BCUT2D eigenvalue weighted by molar-refractivity contribution is -0.974. The summed E-state index contributed by atoms with van der Waals surface area (Å²) in [7, 11) is 0.